The number of nitrogens with two attached hydrogens (primary N) is 1. The van der Waals surface area contributed by atoms with Crippen molar-refractivity contribution in [2.24, 2.45) is 5.73 Å². The molecule has 0 atom stereocenters. The molecule has 16 heavy (non-hydrogen) atoms. The van der Waals surface area contributed by atoms with Crippen LogP contribution in [0, 0.1) is 0 Å². The van der Waals surface area contributed by atoms with E-state index in [4.69, 9.17) is 5.73 Å². The third-order valence-electron chi connectivity index (χ3n) is 3.48. The van der Waals surface area contributed by atoms with Gasteiger partial charge in [0.25, 0.3) is 0 Å². The summed E-state index contributed by atoms with van der Waals surface area (Å²) in [6.07, 6.45) is 6.44. The fraction of sp³-hybridized carbons (Fsp3) is 0.833. The monoisotopic (exact) mass is 222 g/mol. The van der Waals surface area contributed by atoms with Crippen LogP contribution in [0.25, 0.3) is 0 Å². The van der Waals surface area contributed by atoms with Crippen LogP contribution >= 0.6 is 0 Å². The van der Waals surface area contributed by atoms with E-state index in [1.54, 1.807) is 0 Å². The highest BCUT2D eigenvalue weighted by atomic mass is 15.4. The first-order valence-corrected chi connectivity index (χ1v) is 6.38. The van der Waals surface area contributed by atoms with E-state index < -0.39 is 0 Å². The Labute approximate surface area is 97.2 Å². The van der Waals surface area contributed by atoms with Crippen molar-refractivity contribution in [3.63, 3.8) is 0 Å². The second-order valence-corrected chi connectivity index (χ2v) is 5.02. The number of aromatic nitrogens is 3. The van der Waals surface area contributed by atoms with Gasteiger partial charge in [-0.2, -0.15) is 0 Å². The molecule has 1 saturated carbocycles. The molecular formula is C12H22N4. The predicted molar refractivity (Wildman–Crippen MR) is 64.1 cm³/mol. The minimum atomic E-state index is 0.413. The summed E-state index contributed by atoms with van der Waals surface area (Å²) in [5.41, 5.74) is 8.06. The molecule has 0 aliphatic heterocycles. The van der Waals surface area contributed by atoms with Gasteiger partial charge in [0.15, 0.2) is 0 Å². The van der Waals surface area contributed by atoms with Crippen LogP contribution in [0.15, 0.2) is 0 Å². The summed E-state index contributed by atoms with van der Waals surface area (Å²) < 4.78 is 2.09. The Morgan fingerprint density at radius 1 is 1.31 bits per heavy atom. The lowest BCUT2D eigenvalue weighted by molar-refractivity contribution is 0.317. The van der Waals surface area contributed by atoms with Crippen LogP contribution in [0.3, 0.4) is 0 Å². The molecule has 1 aliphatic rings. The number of hydrogen-bond donors (Lipinski definition) is 1. The average Bonchev–Trinajstić information content (AvgIpc) is 2.73. The quantitative estimate of drug-likeness (QED) is 0.854. The first kappa shape index (κ1) is 11.6. The molecular weight excluding hydrogens is 200 g/mol. The van der Waals surface area contributed by atoms with Crippen molar-refractivity contribution < 1.29 is 0 Å². The maximum absolute atomic E-state index is 5.84. The standard InChI is InChI=1S/C12H22N4/c1-9(2)12-11(8-13)16(15-14-12)10-6-4-3-5-7-10/h9-10H,3-8,13H2,1-2H3. The molecule has 4 nitrogen and oxygen atoms in total. The van der Waals surface area contributed by atoms with Crippen LogP contribution in [0.2, 0.25) is 0 Å². The summed E-state index contributed by atoms with van der Waals surface area (Å²) in [7, 11) is 0. The summed E-state index contributed by atoms with van der Waals surface area (Å²) in [4.78, 5) is 0. The highest BCUT2D eigenvalue weighted by Gasteiger charge is 2.22. The SMILES string of the molecule is CC(C)c1nnn(C2CCCCC2)c1CN. The molecule has 1 aliphatic carbocycles. The lowest BCUT2D eigenvalue weighted by atomic mass is 9.95. The van der Waals surface area contributed by atoms with Crippen molar-refractivity contribution in [1.82, 2.24) is 15.0 Å². The molecule has 2 N–H and O–H groups in total. The van der Waals surface area contributed by atoms with Gasteiger partial charge in [0.1, 0.15) is 0 Å². The Morgan fingerprint density at radius 2 is 2.00 bits per heavy atom. The number of hydrogen-bond acceptors (Lipinski definition) is 3. The van der Waals surface area contributed by atoms with Crippen LogP contribution in [0.1, 0.15) is 69.3 Å². The molecule has 1 aromatic rings. The van der Waals surface area contributed by atoms with E-state index in [1.165, 1.54) is 32.1 Å². The molecule has 4 heteroatoms. The molecule has 90 valence electrons. The largest absolute Gasteiger partial charge is 0.325 e. The van der Waals surface area contributed by atoms with Gasteiger partial charge in [-0.1, -0.05) is 38.3 Å². The minimum Gasteiger partial charge on any atom is -0.325 e. The summed E-state index contributed by atoms with van der Waals surface area (Å²) in [5, 5.41) is 8.61. The van der Waals surface area contributed by atoms with Crippen LogP contribution in [-0.2, 0) is 6.54 Å². The van der Waals surface area contributed by atoms with Crippen molar-refractivity contribution in [2.45, 2.75) is 64.5 Å². The second-order valence-electron chi connectivity index (χ2n) is 5.02. The van der Waals surface area contributed by atoms with Gasteiger partial charge >= 0.3 is 0 Å². The molecule has 1 aromatic heterocycles. The molecule has 0 unspecified atom stereocenters. The number of rotatable bonds is 3. The number of nitrogens with zero attached hydrogens (tertiary/aromatic N) is 3. The van der Waals surface area contributed by atoms with Crippen molar-refractivity contribution in [1.29, 1.82) is 0 Å². The van der Waals surface area contributed by atoms with Gasteiger partial charge in [-0.15, -0.1) is 5.10 Å². The molecule has 1 fully saturated rings. The Balaban J connectivity index is 2.25. The van der Waals surface area contributed by atoms with Gasteiger partial charge in [0.2, 0.25) is 0 Å². The first-order valence-electron chi connectivity index (χ1n) is 6.38. The van der Waals surface area contributed by atoms with E-state index in [0.717, 1.165) is 11.4 Å². The lowest BCUT2D eigenvalue weighted by Gasteiger charge is -2.23. The predicted octanol–water partition coefficient (Wildman–Crippen LogP) is 2.37. The highest BCUT2D eigenvalue weighted by molar-refractivity contribution is 5.14. The minimum absolute atomic E-state index is 0.413. The Hall–Kier alpha value is -0.900. The van der Waals surface area contributed by atoms with Crippen LogP contribution in [0.4, 0.5) is 0 Å². The van der Waals surface area contributed by atoms with E-state index in [0.29, 0.717) is 18.5 Å². The van der Waals surface area contributed by atoms with Gasteiger partial charge in [-0.3, -0.25) is 0 Å². The topological polar surface area (TPSA) is 56.7 Å². The van der Waals surface area contributed by atoms with Crippen molar-refractivity contribution in [2.75, 3.05) is 0 Å². The van der Waals surface area contributed by atoms with Gasteiger partial charge in [-0.05, 0) is 18.8 Å². The maximum Gasteiger partial charge on any atom is 0.0897 e. The molecule has 0 spiro atoms. The zero-order chi connectivity index (χ0) is 11.5. The summed E-state index contributed by atoms with van der Waals surface area (Å²) in [5.74, 6) is 0.413. The normalized spacial score (nSPS) is 18.2. The third kappa shape index (κ3) is 2.12. The summed E-state index contributed by atoms with van der Waals surface area (Å²) in [6, 6.07) is 0.535. The smallest absolute Gasteiger partial charge is 0.0897 e. The van der Waals surface area contributed by atoms with Gasteiger partial charge < -0.3 is 5.73 Å². The molecule has 0 radical (unpaired) electrons. The molecule has 1 heterocycles. The van der Waals surface area contributed by atoms with Crippen molar-refractivity contribution >= 4 is 0 Å². The van der Waals surface area contributed by atoms with Gasteiger partial charge in [-0.25, -0.2) is 4.68 Å². The van der Waals surface area contributed by atoms with Crippen molar-refractivity contribution in [3.8, 4) is 0 Å². The molecule has 0 aromatic carbocycles. The summed E-state index contributed by atoms with van der Waals surface area (Å²) in [6.45, 7) is 4.85. The van der Waals surface area contributed by atoms with Crippen LogP contribution in [-0.4, -0.2) is 15.0 Å². The van der Waals surface area contributed by atoms with Gasteiger partial charge in [0, 0.05) is 6.54 Å². The summed E-state index contributed by atoms with van der Waals surface area (Å²) >= 11 is 0. The maximum atomic E-state index is 5.84. The van der Waals surface area contributed by atoms with E-state index in [-0.39, 0.29) is 0 Å². The van der Waals surface area contributed by atoms with Crippen LogP contribution in [0.5, 0.6) is 0 Å². The zero-order valence-electron chi connectivity index (χ0n) is 10.3. The second kappa shape index (κ2) is 4.95. The fourth-order valence-electron chi connectivity index (χ4n) is 2.59. The lowest BCUT2D eigenvalue weighted by Crippen LogP contribution is -2.19. The van der Waals surface area contributed by atoms with E-state index in [1.807, 2.05) is 0 Å². The van der Waals surface area contributed by atoms with Crippen molar-refractivity contribution in [3.05, 3.63) is 11.4 Å². The Morgan fingerprint density at radius 3 is 2.56 bits per heavy atom. The third-order valence-corrected chi connectivity index (χ3v) is 3.48. The highest BCUT2D eigenvalue weighted by Crippen LogP contribution is 2.29. The average molecular weight is 222 g/mol. The molecule has 0 bridgehead atoms. The Kier molecular flexibility index (Phi) is 3.59. The van der Waals surface area contributed by atoms with E-state index in [2.05, 4.69) is 28.8 Å². The molecule has 0 saturated heterocycles. The Bertz CT molecular complexity index is 337. The fourth-order valence-corrected chi connectivity index (χ4v) is 2.59. The van der Waals surface area contributed by atoms with E-state index >= 15 is 0 Å². The first-order chi connectivity index (χ1) is 7.74. The van der Waals surface area contributed by atoms with E-state index in [9.17, 15) is 0 Å². The molecule has 0 amide bonds. The van der Waals surface area contributed by atoms with Crippen LogP contribution < -0.4 is 5.73 Å². The zero-order valence-corrected chi connectivity index (χ0v) is 10.3. The molecule has 2 rings (SSSR count). The van der Waals surface area contributed by atoms with Gasteiger partial charge in [0.05, 0.1) is 17.4 Å².